The maximum absolute atomic E-state index is 12.5. The molecule has 3 heteroatoms. The van der Waals surface area contributed by atoms with Gasteiger partial charge in [-0.05, 0) is 42.7 Å². The molecule has 2 aromatic carbocycles. The van der Waals surface area contributed by atoms with Crippen molar-refractivity contribution in [3.63, 3.8) is 0 Å². The van der Waals surface area contributed by atoms with Gasteiger partial charge >= 0.3 is 0 Å². The molecular weight excluding hydrogens is 248 g/mol. The normalized spacial score (nSPS) is 13.3. The molecule has 3 nitrogen and oxygen atoms in total. The average Bonchev–Trinajstić information content (AvgIpc) is 2.81. The number of carbonyl (C=O) groups is 1. The van der Waals surface area contributed by atoms with E-state index in [2.05, 4.69) is 6.07 Å². The molecular formula is C17H18N2O. The summed E-state index contributed by atoms with van der Waals surface area (Å²) >= 11 is 0. The Bertz CT molecular complexity index is 664. The number of nitrogens with two attached hydrogens (primary N) is 1. The third-order valence-electron chi connectivity index (χ3n) is 3.74. The van der Waals surface area contributed by atoms with Gasteiger partial charge in [-0.15, -0.1) is 0 Å². The van der Waals surface area contributed by atoms with Gasteiger partial charge in [-0.2, -0.15) is 0 Å². The molecule has 0 saturated heterocycles. The average molecular weight is 266 g/mol. The summed E-state index contributed by atoms with van der Waals surface area (Å²) in [6.45, 7) is 2.80. The fraction of sp³-hybridized carbons (Fsp3) is 0.235. The molecule has 0 saturated carbocycles. The Balaban J connectivity index is 1.80. The standard InChI is InChI=1S/C17H18N2O/c1-12-3-2-4-13(9-12)10-17(20)19-8-7-14-11-15(18)5-6-16(14)19/h2-6,9,11H,7-8,10,18H2,1H3. The highest BCUT2D eigenvalue weighted by Crippen LogP contribution is 2.30. The van der Waals surface area contributed by atoms with Crippen LogP contribution in [0, 0.1) is 6.92 Å². The number of fused-ring (bicyclic) bond motifs is 1. The number of amides is 1. The summed E-state index contributed by atoms with van der Waals surface area (Å²) in [6.07, 6.45) is 1.34. The van der Waals surface area contributed by atoms with E-state index in [-0.39, 0.29) is 5.91 Å². The minimum absolute atomic E-state index is 0.152. The molecule has 2 N–H and O–H groups in total. The Hall–Kier alpha value is -2.29. The predicted molar refractivity (Wildman–Crippen MR) is 81.8 cm³/mol. The van der Waals surface area contributed by atoms with Gasteiger partial charge in [0.1, 0.15) is 0 Å². The van der Waals surface area contributed by atoms with Gasteiger partial charge in [-0.25, -0.2) is 0 Å². The van der Waals surface area contributed by atoms with E-state index in [1.54, 1.807) is 0 Å². The molecule has 1 aliphatic heterocycles. The van der Waals surface area contributed by atoms with Crippen LogP contribution in [-0.4, -0.2) is 12.5 Å². The van der Waals surface area contributed by atoms with Crippen LogP contribution >= 0.6 is 0 Å². The van der Waals surface area contributed by atoms with E-state index < -0.39 is 0 Å². The van der Waals surface area contributed by atoms with Crippen LogP contribution in [0.5, 0.6) is 0 Å². The molecule has 1 heterocycles. The highest BCUT2D eigenvalue weighted by Gasteiger charge is 2.24. The quantitative estimate of drug-likeness (QED) is 0.849. The van der Waals surface area contributed by atoms with Gasteiger partial charge in [-0.3, -0.25) is 4.79 Å². The van der Waals surface area contributed by atoms with E-state index in [9.17, 15) is 4.79 Å². The fourth-order valence-corrected chi connectivity index (χ4v) is 2.77. The molecule has 102 valence electrons. The number of hydrogen-bond donors (Lipinski definition) is 1. The van der Waals surface area contributed by atoms with E-state index in [1.165, 1.54) is 11.1 Å². The second-order valence-corrected chi connectivity index (χ2v) is 5.35. The largest absolute Gasteiger partial charge is 0.399 e. The van der Waals surface area contributed by atoms with Crippen molar-refractivity contribution in [2.45, 2.75) is 19.8 Å². The predicted octanol–water partition coefficient (Wildman–Crippen LogP) is 2.71. The maximum Gasteiger partial charge on any atom is 0.231 e. The highest BCUT2D eigenvalue weighted by molar-refractivity contribution is 5.97. The summed E-state index contributed by atoms with van der Waals surface area (Å²) < 4.78 is 0. The molecule has 3 rings (SSSR count). The molecule has 1 aliphatic rings. The summed E-state index contributed by atoms with van der Waals surface area (Å²) in [5, 5.41) is 0. The van der Waals surface area contributed by atoms with Crippen molar-refractivity contribution in [1.29, 1.82) is 0 Å². The zero-order valence-electron chi connectivity index (χ0n) is 11.6. The monoisotopic (exact) mass is 266 g/mol. The molecule has 0 aliphatic carbocycles. The topological polar surface area (TPSA) is 46.3 Å². The van der Waals surface area contributed by atoms with Gasteiger partial charge in [-0.1, -0.05) is 29.8 Å². The summed E-state index contributed by atoms with van der Waals surface area (Å²) in [5.74, 6) is 0.152. The van der Waals surface area contributed by atoms with E-state index >= 15 is 0 Å². The van der Waals surface area contributed by atoms with E-state index in [4.69, 9.17) is 5.73 Å². The van der Waals surface area contributed by atoms with Crippen LogP contribution in [0.25, 0.3) is 0 Å². The Morgan fingerprint density at radius 3 is 2.90 bits per heavy atom. The summed E-state index contributed by atoms with van der Waals surface area (Å²) in [7, 11) is 0. The molecule has 0 spiro atoms. The minimum Gasteiger partial charge on any atom is -0.399 e. The fourth-order valence-electron chi connectivity index (χ4n) is 2.77. The van der Waals surface area contributed by atoms with Crippen LogP contribution in [0.2, 0.25) is 0 Å². The van der Waals surface area contributed by atoms with Crippen molar-refractivity contribution >= 4 is 17.3 Å². The van der Waals surface area contributed by atoms with Crippen molar-refractivity contribution in [1.82, 2.24) is 0 Å². The molecule has 0 bridgehead atoms. The molecule has 0 radical (unpaired) electrons. The highest BCUT2D eigenvalue weighted by atomic mass is 16.2. The van der Waals surface area contributed by atoms with Gasteiger partial charge in [0.2, 0.25) is 5.91 Å². The smallest absolute Gasteiger partial charge is 0.231 e. The second-order valence-electron chi connectivity index (χ2n) is 5.35. The number of anilines is 2. The molecule has 0 fully saturated rings. The molecule has 0 atom stereocenters. The first-order chi connectivity index (χ1) is 9.63. The first-order valence-corrected chi connectivity index (χ1v) is 6.88. The molecule has 20 heavy (non-hydrogen) atoms. The lowest BCUT2D eigenvalue weighted by Crippen LogP contribution is -2.30. The number of nitrogen functional groups attached to an aromatic ring is 1. The Labute approximate surface area is 119 Å². The lowest BCUT2D eigenvalue weighted by molar-refractivity contribution is -0.117. The number of hydrogen-bond acceptors (Lipinski definition) is 2. The first-order valence-electron chi connectivity index (χ1n) is 6.88. The lowest BCUT2D eigenvalue weighted by atomic mass is 10.1. The van der Waals surface area contributed by atoms with Crippen LogP contribution in [0.3, 0.4) is 0 Å². The maximum atomic E-state index is 12.5. The third-order valence-corrected chi connectivity index (χ3v) is 3.74. The summed E-state index contributed by atoms with van der Waals surface area (Å²) in [5.41, 5.74) is 11.0. The first kappa shape index (κ1) is 12.7. The van der Waals surface area contributed by atoms with Crippen molar-refractivity contribution in [3.05, 3.63) is 59.2 Å². The van der Waals surface area contributed by atoms with Gasteiger partial charge in [0, 0.05) is 17.9 Å². The van der Waals surface area contributed by atoms with Gasteiger partial charge < -0.3 is 10.6 Å². The minimum atomic E-state index is 0.152. The van der Waals surface area contributed by atoms with E-state index in [1.807, 2.05) is 48.2 Å². The van der Waals surface area contributed by atoms with Crippen LogP contribution < -0.4 is 10.6 Å². The number of nitrogens with zero attached hydrogens (tertiary/aromatic N) is 1. The number of benzene rings is 2. The van der Waals surface area contributed by atoms with Gasteiger partial charge in [0.05, 0.1) is 6.42 Å². The summed E-state index contributed by atoms with van der Waals surface area (Å²) in [6, 6.07) is 13.9. The number of rotatable bonds is 2. The number of carbonyl (C=O) groups excluding carboxylic acids is 1. The van der Waals surface area contributed by atoms with Crippen LogP contribution in [0.15, 0.2) is 42.5 Å². The van der Waals surface area contributed by atoms with Crippen molar-refractivity contribution in [2.75, 3.05) is 17.2 Å². The molecule has 1 amide bonds. The molecule has 0 aromatic heterocycles. The Kier molecular flexibility index (Phi) is 3.18. The SMILES string of the molecule is Cc1cccc(CC(=O)N2CCc3cc(N)ccc32)c1. The number of aryl methyl sites for hydroxylation is 1. The van der Waals surface area contributed by atoms with Crippen LogP contribution in [0.4, 0.5) is 11.4 Å². The van der Waals surface area contributed by atoms with Crippen molar-refractivity contribution < 1.29 is 4.79 Å². The molecule has 2 aromatic rings. The van der Waals surface area contributed by atoms with E-state index in [0.29, 0.717) is 6.42 Å². The Morgan fingerprint density at radius 1 is 1.25 bits per heavy atom. The van der Waals surface area contributed by atoms with Crippen LogP contribution in [-0.2, 0) is 17.6 Å². The Morgan fingerprint density at radius 2 is 2.10 bits per heavy atom. The second kappa shape index (κ2) is 5.00. The van der Waals surface area contributed by atoms with Gasteiger partial charge in [0.15, 0.2) is 0 Å². The van der Waals surface area contributed by atoms with Gasteiger partial charge in [0.25, 0.3) is 0 Å². The zero-order valence-corrected chi connectivity index (χ0v) is 11.6. The summed E-state index contributed by atoms with van der Waals surface area (Å²) in [4.78, 5) is 14.3. The van der Waals surface area contributed by atoms with Crippen molar-refractivity contribution in [3.8, 4) is 0 Å². The lowest BCUT2D eigenvalue weighted by Gasteiger charge is -2.17. The zero-order chi connectivity index (χ0) is 14.1. The third kappa shape index (κ3) is 2.39. The van der Waals surface area contributed by atoms with Crippen LogP contribution in [0.1, 0.15) is 16.7 Å². The van der Waals surface area contributed by atoms with E-state index in [0.717, 1.165) is 29.9 Å². The molecule has 0 unspecified atom stereocenters. The van der Waals surface area contributed by atoms with Crippen molar-refractivity contribution in [2.24, 2.45) is 0 Å².